The molecule has 0 spiro atoms. The van der Waals surface area contributed by atoms with Crippen molar-refractivity contribution in [2.45, 2.75) is 25.7 Å². The molecule has 2 aliphatic rings. The summed E-state index contributed by atoms with van der Waals surface area (Å²) in [5, 5.41) is 14.1. The first-order valence-corrected chi connectivity index (χ1v) is 11.0. The number of ether oxygens (including phenoxy) is 1. The lowest BCUT2D eigenvalue weighted by molar-refractivity contribution is 0.105. The van der Waals surface area contributed by atoms with Gasteiger partial charge in [-0.25, -0.2) is 5.14 Å². The van der Waals surface area contributed by atoms with Crippen LogP contribution in [-0.2, 0) is 22.0 Å². The zero-order chi connectivity index (χ0) is 21.7. The number of nitrogens with two attached hydrogens (primary N) is 1. The van der Waals surface area contributed by atoms with Crippen molar-refractivity contribution in [3.05, 3.63) is 69.8 Å². The molecule has 0 fully saturated rings. The van der Waals surface area contributed by atoms with Crippen LogP contribution in [0, 0.1) is 11.3 Å². The van der Waals surface area contributed by atoms with Crippen molar-refractivity contribution in [2.24, 2.45) is 5.14 Å². The Balaban J connectivity index is 1.65. The zero-order valence-corrected chi connectivity index (χ0v) is 17.5. The number of carbonyl (C=O) groups is 1. The van der Waals surface area contributed by atoms with Gasteiger partial charge in [-0.2, -0.15) is 18.4 Å². The van der Waals surface area contributed by atoms with Crippen molar-refractivity contribution < 1.29 is 17.9 Å². The second-order valence-electron chi connectivity index (χ2n) is 7.96. The topological polar surface area (TPSA) is 122 Å². The lowest BCUT2D eigenvalue weighted by Crippen LogP contribution is -2.34. The molecule has 0 saturated heterocycles. The van der Waals surface area contributed by atoms with Crippen molar-refractivity contribution in [2.75, 3.05) is 13.2 Å². The third-order valence-corrected chi connectivity index (χ3v) is 6.34. The Morgan fingerprint density at radius 1 is 1.20 bits per heavy atom. The van der Waals surface area contributed by atoms with E-state index in [1.54, 1.807) is 18.2 Å². The highest BCUT2D eigenvalue weighted by atomic mass is 32.2. The molecule has 8 heteroatoms. The zero-order valence-electron chi connectivity index (χ0n) is 16.7. The van der Waals surface area contributed by atoms with Crippen LogP contribution >= 0.6 is 0 Å². The Morgan fingerprint density at radius 3 is 2.63 bits per heavy atom. The van der Waals surface area contributed by atoms with Gasteiger partial charge in [0, 0.05) is 23.1 Å². The summed E-state index contributed by atoms with van der Waals surface area (Å²) >= 11 is 0. The first kappa shape index (κ1) is 20.3. The number of hydrogen-bond acceptors (Lipinski definition) is 5. The molecule has 3 N–H and O–H groups in total. The molecular formula is C22H21N3O4S. The van der Waals surface area contributed by atoms with E-state index >= 15 is 0 Å². The number of benzene rings is 2. The SMILES string of the molecule is CC1(C)C2=C(C(=O)c3ccc(OCCNS(N)(=O)=O)cc31)c1ccc(C#N)cc1C2. The van der Waals surface area contributed by atoms with Crippen molar-refractivity contribution in [1.29, 1.82) is 5.26 Å². The van der Waals surface area contributed by atoms with Gasteiger partial charge in [-0.3, -0.25) is 4.79 Å². The minimum atomic E-state index is -3.76. The first-order chi connectivity index (χ1) is 14.1. The highest BCUT2D eigenvalue weighted by molar-refractivity contribution is 7.87. The van der Waals surface area contributed by atoms with E-state index in [0.717, 1.165) is 27.8 Å². The second kappa shape index (κ2) is 7.06. The van der Waals surface area contributed by atoms with Crippen molar-refractivity contribution >= 4 is 21.6 Å². The fourth-order valence-corrected chi connectivity index (χ4v) is 4.63. The molecule has 0 bridgehead atoms. The Kier molecular flexibility index (Phi) is 4.77. The van der Waals surface area contributed by atoms with Gasteiger partial charge in [0.05, 0.1) is 11.6 Å². The predicted molar refractivity (Wildman–Crippen MR) is 112 cm³/mol. The monoisotopic (exact) mass is 423 g/mol. The Labute approximate surface area is 175 Å². The van der Waals surface area contributed by atoms with Crippen LogP contribution in [0.2, 0.25) is 0 Å². The van der Waals surface area contributed by atoms with Gasteiger partial charge in [0.25, 0.3) is 10.2 Å². The molecule has 154 valence electrons. The second-order valence-corrected chi connectivity index (χ2v) is 9.34. The van der Waals surface area contributed by atoms with E-state index in [1.165, 1.54) is 0 Å². The van der Waals surface area contributed by atoms with E-state index < -0.39 is 15.6 Å². The quantitative estimate of drug-likeness (QED) is 0.714. The number of ketones is 1. The van der Waals surface area contributed by atoms with Crippen LogP contribution in [0.3, 0.4) is 0 Å². The molecule has 30 heavy (non-hydrogen) atoms. The molecule has 2 aromatic rings. The lowest BCUT2D eigenvalue weighted by Gasteiger charge is -2.34. The van der Waals surface area contributed by atoms with E-state index in [4.69, 9.17) is 9.88 Å². The third kappa shape index (κ3) is 3.41. The summed E-state index contributed by atoms with van der Waals surface area (Å²) in [5.74, 6) is 0.530. The number of nitrogens with one attached hydrogen (secondary N) is 1. The molecule has 0 radical (unpaired) electrons. The molecule has 0 atom stereocenters. The molecule has 0 unspecified atom stereocenters. The fraction of sp³-hybridized carbons (Fsp3) is 0.273. The highest BCUT2D eigenvalue weighted by Crippen LogP contribution is 2.50. The number of nitrogens with zero attached hydrogens (tertiary/aromatic N) is 1. The van der Waals surface area contributed by atoms with Crippen molar-refractivity contribution in [3.63, 3.8) is 0 Å². The number of Topliss-reactive ketones (excluding diaryl/α,β-unsaturated/α-hetero) is 1. The molecule has 0 saturated carbocycles. The summed E-state index contributed by atoms with van der Waals surface area (Å²) in [7, 11) is -3.76. The van der Waals surface area contributed by atoms with Gasteiger partial charge in [0.15, 0.2) is 5.78 Å². The van der Waals surface area contributed by atoms with Gasteiger partial charge in [-0.05, 0) is 59.0 Å². The summed E-state index contributed by atoms with van der Waals surface area (Å²) in [6.07, 6.45) is 0.627. The average Bonchev–Trinajstić information content (AvgIpc) is 3.09. The smallest absolute Gasteiger partial charge is 0.274 e. The molecular weight excluding hydrogens is 402 g/mol. The van der Waals surface area contributed by atoms with Crippen molar-refractivity contribution in [3.8, 4) is 11.8 Å². The molecule has 2 aromatic carbocycles. The van der Waals surface area contributed by atoms with E-state index in [1.807, 2.05) is 18.2 Å². The standard InChI is InChI=1S/C22H21N3O4S/c1-22(2)18-11-15(29-8-7-25-30(24,27)28)4-6-17(18)21(26)20-16-5-3-13(12-23)9-14(16)10-19(20)22/h3-6,9,11,25H,7-8,10H2,1-2H3,(H2,24,27,28). The number of carbonyl (C=O) groups excluding carboxylic acids is 1. The molecule has 0 heterocycles. The Hall–Kier alpha value is -2.99. The van der Waals surface area contributed by atoms with Crippen LogP contribution < -0.4 is 14.6 Å². The van der Waals surface area contributed by atoms with E-state index in [-0.39, 0.29) is 18.9 Å². The van der Waals surface area contributed by atoms with Gasteiger partial charge in [0.2, 0.25) is 0 Å². The highest BCUT2D eigenvalue weighted by Gasteiger charge is 2.42. The fourth-order valence-electron chi connectivity index (χ4n) is 4.27. The molecule has 7 nitrogen and oxygen atoms in total. The lowest BCUT2D eigenvalue weighted by atomic mass is 9.68. The van der Waals surface area contributed by atoms with Gasteiger partial charge >= 0.3 is 0 Å². The van der Waals surface area contributed by atoms with E-state index in [2.05, 4.69) is 24.6 Å². The van der Waals surface area contributed by atoms with Crippen LogP contribution in [0.25, 0.3) is 5.57 Å². The largest absolute Gasteiger partial charge is 0.492 e. The van der Waals surface area contributed by atoms with Crippen LogP contribution in [0.1, 0.15) is 46.5 Å². The van der Waals surface area contributed by atoms with Gasteiger partial charge in [0.1, 0.15) is 12.4 Å². The number of fused-ring (bicyclic) bond motifs is 3. The van der Waals surface area contributed by atoms with E-state index in [9.17, 15) is 18.5 Å². The Morgan fingerprint density at radius 2 is 1.93 bits per heavy atom. The third-order valence-electron chi connectivity index (χ3n) is 5.74. The van der Waals surface area contributed by atoms with Crippen molar-refractivity contribution in [1.82, 2.24) is 4.72 Å². The average molecular weight is 423 g/mol. The van der Waals surface area contributed by atoms with Gasteiger partial charge < -0.3 is 4.74 Å². The number of rotatable bonds is 5. The summed E-state index contributed by atoms with van der Waals surface area (Å²) < 4.78 is 29.7. The molecule has 0 aliphatic heterocycles. The summed E-state index contributed by atoms with van der Waals surface area (Å²) in [6, 6.07) is 12.9. The van der Waals surface area contributed by atoms with Crippen LogP contribution in [0.15, 0.2) is 42.0 Å². The minimum Gasteiger partial charge on any atom is -0.492 e. The maximum atomic E-state index is 13.3. The van der Waals surface area contributed by atoms with Crippen LogP contribution in [0.4, 0.5) is 0 Å². The Bertz CT molecular complexity index is 1250. The van der Waals surface area contributed by atoms with Crippen LogP contribution in [0.5, 0.6) is 5.75 Å². The maximum absolute atomic E-state index is 13.3. The number of nitriles is 1. The normalized spacial score (nSPS) is 16.5. The molecule has 0 amide bonds. The summed E-state index contributed by atoms with van der Waals surface area (Å²) in [5.41, 5.74) is 5.36. The minimum absolute atomic E-state index is 0.0229. The number of hydrogen-bond donors (Lipinski definition) is 2. The maximum Gasteiger partial charge on any atom is 0.274 e. The predicted octanol–water partition coefficient (Wildman–Crippen LogP) is 2.21. The van der Waals surface area contributed by atoms with Crippen LogP contribution in [-0.4, -0.2) is 27.4 Å². The molecule has 2 aliphatic carbocycles. The molecule has 4 rings (SSSR count). The summed E-state index contributed by atoms with van der Waals surface area (Å²) in [6.45, 7) is 4.32. The first-order valence-electron chi connectivity index (χ1n) is 9.48. The van der Waals surface area contributed by atoms with Gasteiger partial charge in [-0.1, -0.05) is 19.9 Å². The number of allylic oxidation sites excluding steroid dienone is 2. The van der Waals surface area contributed by atoms with E-state index in [0.29, 0.717) is 23.3 Å². The molecule has 0 aromatic heterocycles. The van der Waals surface area contributed by atoms with Gasteiger partial charge in [-0.15, -0.1) is 0 Å². The summed E-state index contributed by atoms with van der Waals surface area (Å²) in [4.78, 5) is 13.3.